The minimum atomic E-state index is 0.166. The van der Waals surface area contributed by atoms with Crippen LogP contribution in [0.15, 0.2) is 0 Å². The van der Waals surface area contributed by atoms with Crippen LogP contribution in [-0.2, 0) is 4.79 Å². The number of alkyl halides is 1. The van der Waals surface area contributed by atoms with Crippen molar-refractivity contribution in [2.24, 2.45) is 28.6 Å². The predicted octanol–water partition coefficient (Wildman–Crippen LogP) is 4.04. The Morgan fingerprint density at radius 3 is 2.52 bits per heavy atom. The Kier molecular flexibility index (Phi) is 4.03. The molecule has 5 fully saturated rings. The largest absolute Gasteiger partial charge is 0.352 e. The van der Waals surface area contributed by atoms with Crippen LogP contribution in [0.5, 0.6) is 0 Å². The molecule has 1 amide bonds. The molecule has 1 aliphatic heterocycles. The molecule has 5 rings (SSSR count). The average Bonchev–Trinajstić information content (AvgIpc) is 3.32. The number of halogens is 1. The van der Waals surface area contributed by atoms with Crippen LogP contribution in [0.3, 0.4) is 0 Å². The van der Waals surface area contributed by atoms with Crippen molar-refractivity contribution in [1.82, 2.24) is 10.6 Å². The van der Waals surface area contributed by atoms with E-state index in [2.05, 4.69) is 47.1 Å². The molecule has 1 heterocycles. The fourth-order valence-electron chi connectivity index (χ4n) is 7.54. The molecule has 140 valence electrons. The highest BCUT2D eigenvalue weighted by atomic mass is 127. The molecule has 4 aliphatic carbocycles. The predicted molar refractivity (Wildman–Crippen MR) is 109 cm³/mol. The summed E-state index contributed by atoms with van der Waals surface area (Å²) in [6.07, 6.45) is 12.1. The van der Waals surface area contributed by atoms with Gasteiger partial charge in [0.25, 0.3) is 0 Å². The molecule has 0 aromatic rings. The van der Waals surface area contributed by atoms with Gasteiger partial charge in [-0.3, -0.25) is 4.79 Å². The highest BCUT2D eigenvalue weighted by Crippen LogP contribution is 2.64. The maximum Gasteiger partial charge on any atom is 0.233 e. The Labute approximate surface area is 166 Å². The number of amides is 1. The van der Waals surface area contributed by atoms with Gasteiger partial charge in [-0.05, 0) is 86.4 Å². The molecule has 5 aliphatic rings. The number of piperidine rings is 1. The van der Waals surface area contributed by atoms with Crippen molar-refractivity contribution in [3.63, 3.8) is 0 Å². The van der Waals surface area contributed by atoms with Gasteiger partial charge in [-0.15, -0.1) is 0 Å². The molecule has 3 nitrogen and oxygen atoms in total. The lowest BCUT2D eigenvalue weighted by molar-refractivity contribution is -0.134. The molecule has 0 radical (unpaired) electrons. The summed E-state index contributed by atoms with van der Waals surface area (Å²) in [5, 5.41) is 7.40. The number of rotatable bonds is 2. The van der Waals surface area contributed by atoms with Gasteiger partial charge >= 0.3 is 0 Å². The smallest absolute Gasteiger partial charge is 0.233 e. The number of carbonyl (C=O) groups is 1. The summed E-state index contributed by atoms with van der Waals surface area (Å²) in [5.41, 5.74) is 0.848. The maximum atomic E-state index is 12.2. The molecule has 8 atom stereocenters. The second-order valence-corrected chi connectivity index (χ2v) is 11.8. The van der Waals surface area contributed by atoms with E-state index in [1.54, 1.807) is 0 Å². The maximum absolute atomic E-state index is 12.2. The van der Waals surface area contributed by atoms with Gasteiger partial charge in [0.15, 0.2) is 0 Å². The summed E-state index contributed by atoms with van der Waals surface area (Å²) in [6, 6.07) is 2.03. The Morgan fingerprint density at radius 1 is 1.00 bits per heavy atom. The molecule has 4 saturated carbocycles. The first-order chi connectivity index (χ1) is 11.9. The second-order valence-electron chi connectivity index (χ2n) is 10.3. The molecular formula is C21H33IN2O. The third-order valence-electron chi connectivity index (χ3n) is 9.10. The second kappa shape index (κ2) is 5.83. The lowest BCUT2D eigenvalue weighted by atomic mass is 9.47. The zero-order valence-electron chi connectivity index (χ0n) is 15.7. The SMILES string of the molecule is C[C@]12CC(I)C(=O)NC1CC[C@@H]1[C@H]2CC[C@]2(C)C(NC3CC3)CC[C@@H]12. The molecule has 25 heavy (non-hydrogen) atoms. The lowest BCUT2D eigenvalue weighted by Crippen LogP contribution is -2.63. The Bertz CT molecular complexity index is 578. The first-order valence-electron chi connectivity index (χ1n) is 10.6. The first-order valence-corrected chi connectivity index (χ1v) is 11.9. The van der Waals surface area contributed by atoms with E-state index >= 15 is 0 Å². The molecule has 3 unspecified atom stereocenters. The zero-order chi connectivity index (χ0) is 17.4. The number of carbonyl (C=O) groups excluding carboxylic acids is 1. The van der Waals surface area contributed by atoms with Crippen molar-refractivity contribution in [3.8, 4) is 0 Å². The number of fused-ring (bicyclic) bond motifs is 5. The van der Waals surface area contributed by atoms with Crippen molar-refractivity contribution in [2.75, 3.05) is 0 Å². The van der Waals surface area contributed by atoms with Gasteiger partial charge in [-0.1, -0.05) is 36.4 Å². The first kappa shape index (κ1) is 17.3. The monoisotopic (exact) mass is 456 g/mol. The number of nitrogens with one attached hydrogen (secondary N) is 2. The molecule has 0 aromatic carbocycles. The van der Waals surface area contributed by atoms with Crippen LogP contribution >= 0.6 is 22.6 Å². The van der Waals surface area contributed by atoms with Gasteiger partial charge in [0.1, 0.15) is 0 Å². The van der Waals surface area contributed by atoms with Crippen LogP contribution in [-0.4, -0.2) is 28.0 Å². The van der Waals surface area contributed by atoms with Gasteiger partial charge < -0.3 is 10.6 Å². The standard InChI is InChI=1S/C21H33IN2O/c1-20-10-9-15-13(14(20)6-8-17(20)23-12-3-4-12)5-7-18-21(15,2)11-16(22)19(25)24-18/h12-18,23H,3-11H2,1-2H3,(H,24,25)/t13-,14-,15+,16?,17?,18?,20-,21+/m0/s1. The van der Waals surface area contributed by atoms with Gasteiger partial charge in [0.2, 0.25) is 5.91 Å². The van der Waals surface area contributed by atoms with Crippen molar-refractivity contribution >= 4 is 28.5 Å². The van der Waals surface area contributed by atoms with Gasteiger partial charge in [0.05, 0.1) is 3.92 Å². The zero-order valence-corrected chi connectivity index (χ0v) is 17.8. The minimum Gasteiger partial charge on any atom is -0.352 e. The number of hydrogen-bond donors (Lipinski definition) is 2. The minimum absolute atomic E-state index is 0.166. The quantitative estimate of drug-likeness (QED) is 0.487. The highest BCUT2D eigenvalue weighted by molar-refractivity contribution is 14.1. The Morgan fingerprint density at radius 2 is 1.76 bits per heavy atom. The van der Waals surface area contributed by atoms with Crippen LogP contribution in [0.1, 0.15) is 71.6 Å². The van der Waals surface area contributed by atoms with Crippen molar-refractivity contribution in [2.45, 2.75) is 93.7 Å². The molecule has 0 aromatic heterocycles. The summed E-state index contributed by atoms with van der Waals surface area (Å²) in [5.74, 6) is 2.91. The van der Waals surface area contributed by atoms with Crippen LogP contribution in [0.2, 0.25) is 0 Å². The van der Waals surface area contributed by atoms with Gasteiger partial charge in [-0.25, -0.2) is 0 Å². The highest BCUT2D eigenvalue weighted by Gasteiger charge is 2.61. The van der Waals surface area contributed by atoms with E-state index in [4.69, 9.17) is 0 Å². The summed E-state index contributed by atoms with van der Waals surface area (Å²) in [4.78, 5) is 12.2. The normalized spacial score (nSPS) is 55.1. The third kappa shape index (κ3) is 2.55. The third-order valence-corrected chi connectivity index (χ3v) is 10.1. The summed E-state index contributed by atoms with van der Waals surface area (Å²) in [6.45, 7) is 5.12. The van der Waals surface area contributed by atoms with E-state index in [0.717, 1.165) is 36.3 Å². The average molecular weight is 456 g/mol. The molecule has 1 saturated heterocycles. The number of hydrogen-bond acceptors (Lipinski definition) is 2. The topological polar surface area (TPSA) is 41.1 Å². The van der Waals surface area contributed by atoms with E-state index in [1.807, 2.05) is 0 Å². The lowest BCUT2D eigenvalue weighted by Gasteiger charge is -2.60. The molecule has 0 bridgehead atoms. The van der Waals surface area contributed by atoms with Crippen molar-refractivity contribution in [1.29, 1.82) is 0 Å². The summed E-state index contributed by atoms with van der Waals surface area (Å²) in [7, 11) is 0. The Balaban J connectivity index is 1.40. The van der Waals surface area contributed by atoms with Crippen LogP contribution in [0, 0.1) is 28.6 Å². The van der Waals surface area contributed by atoms with E-state index in [1.165, 1.54) is 51.4 Å². The van der Waals surface area contributed by atoms with Crippen LogP contribution in [0.4, 0.5) is 0 Å². The fraction of sp³-hybridized carbons (Fsp3) is 0.952. The van der Waals surface area contributed by atoms with Crippen LogP contribution in [0.25, 0.3) is 0 Å². The molecule has 2 N–H and O–H groups in total. The van der Waals surface area contributed by atoms with E-state index in [0.29, 0.717) is 16.9 Å². The van der Waals surface area contributed by atoms with Crippen molar-refractivity contribution in [3.05, 3.63) is 0 Å². The van der Waals surface area contributed by atoms with Crippen LogP contribution < -0.4 is 10.6 Å². The molecular weight excluding hydrogens is 423 g/mol. The summed E-state index contributed by atoms with van der Waals surface area (Å²) >= 11 is 2.38. The van der Waals surface area contributed by atoms with E-state index in [-0.39, 0.29) is 9.83 Å². The Hall–Kier alpha value is 0.160. The molecule has 0 spiro atoms. The van der Waals surface area contributed by atoms with Gasteiger partial charge in [0, 0.05) is 18.1 Å². The molecule has 4 heteroatoms. The van der Waals surface area contributed by atoms with E-state index < -0.39 is 0 Å². The van der Waals surface area contributed by atoms with E-state index in [9.17, 15) is 4.79 Å². The summed E-state index contributed by atoms with van der Waals surface area (Å²) < 4.78 is 0.166. The van der Waals surface area contributed by atoms with Gasteiger partial charge in [-0.2, -0.15) is 0 Å². The van der Waals surface area contributed by atoms with Crippen molar-refractivity contribution < 1.29 is 4.79 Å². The fourth-order valence-corrected chi connectivity index (χ4v) is 8.66.